The van der Waals surface area contributed by atoms with E-state index in [1.807, 2.05) is 66.7 Å². The van der Waals surface area contributed by atoms with Gasteiger partial charge in [0.1, 0.15) is 13.5 Å². The summed E-state index contributed by atoms with van der Waals surface area (Å²) in [6.07, 6.45) is 0. The van der Waals surface area contributed by atoms with Gasteiger partial charge in [0, 0.05) is 5.69 Å². The summed E-state index contributed by atoms with van der Waals surface area (Å²) in [4.78, 5) is 2.05. The Labute approximate surface area is 130 Å². The van der Waals surface area contributed by atoms with Crippen LogP contribution in [-0.4, -0.2) is 7.85 Å². The first-order valence-corrected chi connectivity index (χ1v) is 7.06. The zero-order valence-corrected chi connectivity index (χ0v) is 11.9. The Morgan fingerprint density at radius 1 is 0.773 bits per heavy atom. The van der Waals surface area contributed by atoms with E-state index in [0.717, 1.165) is 28.6 Å². The van der Waals surface area contributed by atoms with E-state index in [0.29, 0.717) is 11.2 Å². The summed E-state index contributed by atoms with van der Waals surface area (Å²) in [6, 6.07) is 21.2. The van der Waals surface area contributed by atoms with Crippen LogP contribution in [0.2, 0.25) is 0 Å². The molecule has 0 amide bonds. The number of ether oxygens (including phenoxy) is 1. The second-order valence-corrected chi connectivity index (χ2v) is 5.16. The van der Waals surface area contributed by atoms with Crippen LogP contribution in [-0.2, 0) is 0 Å². The summed E-state index contributed by atoms with van der Waals surface area (Å²) in [5, 5.41) is 0. The quantitative estimate of drug-likeness (QED) is 0.428. The summed E-state index contributed by atoms with van der Waals surface area (Å²) in [7, 11) is 6.19. The molecule has 0 aliphatic carbocycles. The number of fused-ring (bicyclic) bond motifs is 2. The molecule has 2 radical (unpaired) electrons. The normalized spacial score (nSPS) is 12.3. The van der Waals surface area contributed by atoms with Crippen LogP contribution in [0.3, 0.4) is 0 Å². The minimum absolute atomic E-state index is 0.648. The van der Waals surface area contributed by atoms with Gasteiger partial charge in [-0.15, -0.1) is 0 Å². The maximum absolute atomic E-state index is 6.21. The molecule has 3 nitrogen and oxygen atoms in total. The van der Waals surface area contributed by atoms with Crippen molar-refractivity contribution in [2.75, 3.05) is 10.6 Å². The van der Waals surface area contributed by atoms with Crippen LogP contribution in [0.4, 0.5) is 22.7 Å². The summed E-state index contributed by atoms with van der Waals surface area (Å²) in [6.45, 7) is 0. The van der Waals surface area contributed by atoms with E-state index >= 15 is 0 Å². The molecule has 4 rings (SSSR count). The molecule has 104 valence electrons. The van der Waals surface area contributed by atoms with Gasteiger partial charge in [-0.05, 0) is 30.3 Å². The topological polar surface area (TPSA) is 38.5 Å². The Bertz CT molecular complexity index is 852. The molecule has 0 aromatic heterocycles. The highest BCUT2D eigenvalue weighted by Crippen LogP contribution is 2.51. The number of hydrogen-bond acceptors (Lipinski definition) is 3. The van der Waals surface area contributed by atoms with E-state index in [9.17, 15) is 0 Å². The highest BCUT2D eigenvalue weighted by Gasteiger charge is 2.27. The van der Waals surface area contributed by atoms with Gasteiger partial charge in [-0.1, -0.05) is 41.9 Å². The number of benzene rings is 3. The molecule has 0 bridgehead atoms. The van der Waals surface area contributed by atoms with Crippen molar-refractivity contribution in [3.05, 3.63) is 66.7 Å². The Kier molecular flexibility index (Phi) is 2.83. The number of nitrogens with two attached hydrogens (primary N) is 1. The van der Waals surface area contributed by atoms with Crippen molar-refractivity contribution in [3.63, 3.8) is 0 Å². The molecular formula is C18H13BN2O. The first-order chi connectivity index (χ1) is 10.8. The van der Waals surface area contributed by atoms with Crippen LogP contribution >= 0.6 is 0 Å². The van der Waals surface area contributed by atoms with E-state index in [1.165, 1.54) is 0 Å². The van der Waals surface area contributed by atoms with E-state index in [-0.39, 0.29) is 0 Å². The van der Waals surface area contributed by atoms with Crippen LogP contribution in [0.1, 0.15) is 0 Å². The van der Waals surface area contributed by atoms with Gasteiger partial charge in [-0.2, -0.15) is 0 Å². The molecule has 0 atom stereocenters. The largest absolute Gasteiger partial charge is 0.453 e. The molecule has 1 aliphatic heterocycles. The van der Waals surface area contributed by atoms with Crippen LogP contribution in [0, 0.1) is 0 Å². The second kappa shape index (κ2) is 4.84. The summed E-state index contributed by atoms with van der Waals surface area (Å²) >= 11 is 0. The second-order valence-electron chi connectivity index (χ2n) is 5.16. The van der Waals surface area contributed by atoms with Crippen LogP contribution in [0.25, 0.3) is 0 Å². The highest BCUT2D eigenvalue weighted by atomic mass is 16.5. The van der Waals surface area contributed by atoms with E-state index in [2.05, 4.69) is 4.90 Å². The van der Waals surface area contributed by atoms with Gasteiger partial charge in [-0.3, -0.25) is 0 Å². The van der Waals surface area contributed by atoms with Crippen LogP contribution in [0.15, 0.2) is 66.7 Å². The summed E-state index contributed by atoms with van der Waals surface area (Å²) < 4.78 is 5.99. The molecule has 22 heavy (non-hydrogen) atoms. The predicted octanol–water partition coefficient (Wildman–Crippen LogP) is 3.64. The fourth-order valence-electron chi connectivity index (χ4n) is 2.77. The molecule has 3 aromatic carbocycles. The number of anilines is 4. The molecule has 3 aromatic rings. The average Bonchev–Trinajstić information content (AvgIpc) is 2.54. The van der Waals surface area contributed by atoms with Crippen molar-refractivity contribution >= 4 is 36.1 Å². The van der Waals surface area contributed by atoms with Gasteiger partial charge in [-0.25, -0.2) is 0 Å². The van der Waals surface area contributed by atoms with Crippen molar-refractivity contribution < 1.29 is 4.74 Å². The fraction of sp³-hybridized carbons (Fsp3) is 0. The maximum Gasteiger partial charge on any atom is 0.153 e. The zero-order valence-electron chi connectivity index (χ0n) is 11.9. The third kappa shape index (κ3) is 1.85. The number of para-hydroxylation sites is 4. The van der Waals surface area contributed by atoms with E-state index < -0.39 is 0 Å². The standard InChI is InChI=1S/C18H13BN2O/c19-12-6-1-2-8-14(12)21-15-9-3-4-10-16(15)22-17-11-5-7-13(20)18(17)21/h1-11H,20H2. The Morgan fingerprint density at radius 3 is 2.27 bits per heavy atom. The molecule has 0 spiro atoms. The van der Waals surface area contributed by atoms with Crippen LogP contribution < -0.4 is 20.8 Å². The minimum Gasteiger partial charge on any atom is -0.453 e. The van der Waals surface area contributed by atoms with Crippen molar-refractivity contribution in [1.29, 1.82) is 0 Å². The van der Waals surface area contributed by atoms with E-state index in [1.54, 1.807) is 0 Å². The number of nitrogen functional groups attached to an aromatic ring is 1. The SMILES string of the molecule is [B]c1ccccc1N1c2ccccc2Oc2cccc(N)c21. The van der Waals surface area contributed by atoms with E-state index in [4.69, 9.17) is 18.3 Å². The molecule has 4 heteroatoms. The zero-order chi connectivity index (χ0) is 15.1. The number of rotatable bonds is 1. The Hall–Kier alpha value is -2.88. The summed E-state index contributed by atoms with van der Waals surface area (Å²) in [5.74, 6) is 1.51. The molecule has 0 fully saturated rings. The lowest BCUT2D eigenvalue weighted by Crippen LogP contribution is -2.22. The summed E-state index contributed by atoms with van der Waals surface area (Å²) in [5.41, 5.74) is 10.2. The molecule has 0 saturated heterocycles. The number of hydrogen-bond donors (Lipinski definition) is 1. The minimum atomic E-state index is 0.648. The molecule has 1 aliphatic rings. The van der Waals surface area contributed by atoms with Gasteiger partial charge >= 0.3 is 0 Å². The van der Waals surface area contributed by atoms with Crippen molar-refractivity contribution in [2.45, 2.75) is 0 Å². The molecule has 0 unspecified atom stereocenters. The lowest BCUT2D eigenvalue weighted by molar-refractivity contribution is 0.477. The average molecular weight is 284 g/mol. The highest BCUT2D eigenvalue weighted by molar-refractivity contribution is 6.36. The molecule has 0 saturated carbocycles. The lowest BCUT2D eigenvalue weighted by Gasteiger charge is -2.34. The van der Waals surface area contributed by atoms with Crippen LogP contribution in [0.5, 0.6) is 11.5 Å². The van der Waals surface area contributed by atoms with Gasteiger partial charge < -0.3 is 15.4 Å². The van der Waals surface area contributed by atoms with Gasteiger partial charge in [0.25, 0.3) is 0 Å². The first-order valence-electron chi connectivity index (χ1n) is 7.06. The lowest BCUT2D eigenvalue weighted by atomic mass is 9.92. The third-order valence-electron chi connectivity index (χ3n) is 3.76. The van der Waals surface area contributed by atoms with Gasteiger partial charge in [0.05, 0.1) is 11.4 Å². The van der Waals surface area contributed by atoms with Crippen molar-refractivity contribution in [1.82, 2.24) is 0 Å². The Balaban J connectivity index is 2.04. The third-order valence-corrected chi connectivity index (χ3v) is 3.76. The van der Waals surface area contributed by atoms with Gasteiger partial charge in [0.15, 0.2) is 11.5 Å². The molecule has 2 N–H and O–H groups in total. The molecule has 1 heterocycles. The van der Waals surface area contributed by atoms with Crippen molar-refractivity contribution in [2.24, 2.45) is 0 Å². The van der Waals surface area contributed by atoms with Crippen molar-refractivity contribution in [3.8, 4) is 11.5 Å². The predicted molar refractivity (Wildman–Crippen MR) is 91.0 cm³/mol. The maximum atomic E-state index is 6.21. The smallest absolute Gasteiger partial charge is 0.153 e. The monoisotopic (exact) mass is 284 g/mol. The number of nitrogens with zero attached hydrogens (tertiary/aromatic N) is 1. The Morgan fingerprint density at radius 2 is 1.45 bits per heavy atom. The first kappa shape index (κ1) is 12.8. The van der Waals surface area contributed by atoms with Gasteiger partial charge in [0.2, 0.25) is 0 Å². The molecular weight excluding hydrogens is 271 g/mol. The fourth-order valence-corrected chi connectivity index (χ4v) is 2.77.